The van der Waals surface area contributed by atoms with Crippen LogP contribution in [0.3, 0.4) is 0 Å². The van der Waals surface area contributed by atoms with Crippen LogP contribution in [0.4, 0.5) is 0 Å². The molecule has 2 rings (SSSR count). The molecule has 0 amide bonds. The molecule has 0 spiro atoms. The van der Waals surface area contributed by atoms with E-state index in [9.17, 15) is 19.8 Å². The number of benzene rings is 1. The zero-order valence-corrected chi connectivity index (χ0v) is 14.7. The van der Waals surface area contributed by atoms with Crippen LogP contribution in [0.25, 0.3) is 0 Å². The molecule has 1 aromatic rings. The minimum absolute atomic E-state index is 0.00994. The fraction of sp³-hybridized carbons (Fsp3) is 0.471. The van der Waals surface area contributed by atoms with Crippen LogP contribution in [0, 0.1) is 0 Å². The second-order valence-corrected chi connectivity index (χ2v) is 6.98. The number of aromatic hydroxyl groups is 1. The van der Waals surface area contributed by atoms with Gasteiger partial charge in [0.25, 0.3) is 0 Å². The maximum atomic E-state index is 11.2. The number of thioether (sulfide) groups is 1. The lowest BCUT2D eigenvalue weighted by molar-refractivity contribution is -0.141. The monoisotopic (exact) mass is 367 g/mol. The van der Waals surface area contributed by atoms with E-state index < -0.39 is 17.5 Å². The summed E-state index contributed by atoms with van der Waals surface area (Å²) in [5.74, 6) is -0.968. The first-order valence-electron chi connectivity index (χ1n) is 7.96. The molecule has 0 aromatic heterocycles. The Morgan fingerprint density at radius 3 is 2.64 bits per heavy atom. The Hall–Kier alpha value is -2.22. The summed E-state index contributed by atoms with van der Waals surface area (Å²) in [5, 5.41) is 28.4. The minimum Gasteiger partial charge on any atom is -0.507 e. The number of rotatable bonds is 9. The van der Waals surface area contributed by atoms with Crippen LogP contribution in [-0.4, -0.2) is 50.2 Å². The number of hydrogen-bond acceptors (Lipinski definition) is 6. The number of ether oxygens (including phenoxy) is 1. The minimum atomic E-state index is -1.17. The summed E-state index contributed by atoms with van der Waals surface area (Å²) in [5.41, 5.74) is -0.679. The third-order valence-corrected chi connectivity index (χ3v) is 5.09. The van der Waals surface area contributed by atoms with Gasteiger partial charge in [-0.15, -0.1) is 11.8 Å². The third-order valence-electron chi connectivity index (χ3n) is 3.80. The Kier molecular flexibility index (Phi) is 6.30. The van der Waals surface area contributed by atoms with Crippen LogP contribution in [-0.2, 0) is 9.59 Å². The first-order chi connectivity index (χ1) is 11.8. The third kappa shape index (κ3) is 5.12. The van der Waals surface area contributed by atoms with E-state index in [1.54, 1.807) is 19.1 Å². The lowest BCUT2D eigenvalue weighted by Gasteiger charge is -2.11. The van der Waals surface area contributed by atoms with Crippen molar-refractivity contribution in [2.45, 2.75) is 38.1 Å². The van der Waals surface area contributed by atoms with Crippen LogP contribution in [0.15, 0.2) is 23.2 Å². The van der Waals surface area contributed by atoms with Crippen LogP contribution >= 0.6 is 11.8 Å². The zero-order valence-electron chi connectivity index (χ0n) is 13.9. The van der Waals surface area contributed by atoms with Crippen molar-refractivity contribution in [3.8, 4) is 11.5 Å². The van der Waals surface area contributed by atoms with Crippen molar-refractivity contribution in [1.29, 1.82) is 0 Å². The number of nitrogens with zero attached hydrogens (tertiary/aromatic N) is 1. The number of phenols is 1. The van der Waals surface area contributed by atoms with Crippen molar-refractivity contribution in [1.82, 2.24) is 0 Å². The van der Waals surface area contributed by atoms with Gasteiger partial charge in [0.1, 0.15) is 16.5 Å². The molecule has 0 fully saturated rings. The van der Waals surface area contributed by atoms with Gasteiger partial charge in [-0.2, -0.15) is 0 Å². The topological polar surface area (TPSA) is 116 Å². The number of hydrogen-bond donors (Lipinski definition) is 3. The van der Waals surface area contributed by atoms with Crippen molar-refractivity contribution in [3.05, 3.63) is 23.8 Å². The molecule has 1 aliphatic rings. The van der Waals surface area contributed by atoms with E-state index in [4.69, 9.17) is 9.84 Å². The van der Waals surface area contributed by atoms with E-state index in [1.807, 2.05) is 0 Å². The van der Waals surface area contributed by atoms with Gasteiger partial charge in [0.2, 0.25) is 0 Å². The predicted molar refractivity (Wildman–Crippen MR) is 94.7 cm³/mol. The van der Waals surface area contributed by atoms with Crippen LogP contribution < -0.4 is 4.74 Å². The van der Waals surface area contributed by atoms with Crippen LogP contribution in [0.5, 0.6) is 11.5 Å². The van der Waals surface area contributed by atoms with Crippen LogP contribution in [0.2, 0.25) is 0 Å². The number of phenolic OH excluding ortho intramolecular Hbond substituents is 1. The molecule has 1 heterocycles. The average molecular weight is 367 g/mol. The lowest BCUT2D eigenvalue weighted by atomic mass is 10.1. The standard InChI is InChI=1S/C17H21NO6S/c1-17(16(22)23)10-25-15(18-17)12-7-6-11(9-13(12)19)24-8-4-2-3-5-14(20)21/h6-7,9,19H,2-5,8,10H2,1H3,(H,20,21)(H,22,23)/t17-/m1/s1. The summed E-state index contributed by atoms with van der Waals surface area (Å²) in [4.78, 5) is 25.9. The first-order valence-corrected chi connectivity index (χ1v) is 8.94. The SMILES string of the molecule is C[C@]1(C(=O)O)CSC(c2ccc(OCCCCCC(=O)O)cc2O)=N1. The number of carboxylic acids is 2. The van der Waals surface area contributed by atoms with E-state index in [1.165, 1.54) is 17.8 Å². The van der Waals surface area contributed by atoms with Gasteiger partial charge in [-0.3, -0.25) is 9.79 Å². The molecular weight excluding hydrogens is 346 g/mol. The fourth-order valence-electron chi connectivity index (χ4n) is 2.27. The highest BCUT2D eigenvalue weighted by Crippen LogP contribution is 2.35. The molecule has 1 atom stereocenters. The highest BCUT2D eigenvalue weighted by Gasteiger charge is 2.38. The second kappa shape index (κ2) is 8.24. The molecule has 0 aliphatic carbocycles. The van der Waals surface area contributed by atoms with Crippen molar-refractivity contribution in [2.24, 2.45) is 4.99 Å². The zero-order chi connectivity index (χ0) is 18.4. The molecule has 136 valence electrons. The maximum absolute atomic E-state index is 11.2. The summed E-state index contributed by atoms with van der Waals surface area (Å²) in [6.07, 6.45) is 2.26. The van der Waals surface area contributed by atoms with Gasteiger partial charge in [-0.25, -0.2) is 4.79 Å². The second-order valence-electron chi connectivity index (χ2n) is 6.02. The van der Waals surface area contributed by atoms with Gasteiger partial charge >= 0.3 is 11.9 Å². The van der Waals surface area contributed by atoms with E-state index in [0.29, 0.717) is 35.1 Å². The number of unbranched alkanes of at least 4 members (excludes halogenated alkanes) is 2. The molecule has 0 saturated carbocycles. The molecule has 1 aliphatic heterocycles. The Bertz CT molecular complexity index is 690. The highest BCUT2D eigenvalue weighted by molar-refractivity contribution is 8.14. The number of carboxylic acid groups (broad SMARTS) is 2. The summed E-state index contributed by atoms with van der Waals surface area (Å²) in [6, 6.07) is 4.84. The molecule has 0 radical (unpaired) electrons. The van der Waals surface area contributed by atoms with Gasteiger partial charge in [0.05, 0.1) is 6.61 Å². The first kappa shape index (κ1) is 19.1. The Morgan fingerprint density at radius 2 is 2.04 bits per heavy atom. The van der Waals surface area contributed by atoms with Crippen molar-refractivity contribution in [3.63, 3.8) is 0 Å². The highest BCUT2D eigenvalue weighted by atomic mass is 32.2. The van der Waals surface area contributed by atoms with Gasteiger partial charge in [0.15, 0.2) is 5.54 Å². The normalized spacial score (nSPS) is 19.5. The van der Waals surface area contributed by atoms with Gasteiger partial charge < -0.3 is 20.1 Å². The Morgan fingerprint density at radius 1 is 1.28 bits per heavy atom. The lowest BCUT2D eigenvalue weighted by Crippen LogP contribution is -2.33. The van der Waals surface area contributed by atoms with Crippen molar-refractivity contribution in [2.75, 3.05) is 12.4 Å². The van der Waals surface area contributed by atoms with Crippen LogP contribution in [0.1, 0.15) is 38.2 Å². The summed E-state index contributed by atoms with van der Waals surface area (Å²) >= 11 is 1.30. The van der Waals surface area contributed by atoms with Crippen molar-refractivity contribution < 1.29 is 29.6 Å². The summed E-state index contributed by atoms with van der Waals surface area (Å²) < 4.78 is 5.54. The number of carbonyl (C=O) groups is 2. The smallest absolute Gasteiger partial charge is 0.332 e. The fourth-order valence-corrected chi connectivity index (χ4v) is 3.47. The number of aliphatic imine (C=N–C) groups is 1. The largest absolute Gasteiger partial charge is 0.507 e. The Labute approximate surface area is 149 Å². The maximum Gasteiger partial charge on any atom is 0.332 e. The quantitative estimate of drug-likeness (QED) is 0.575. The molecule has 0 saturated heterocycles. The average Bonchev–Trinajstić information content (AvgIpc) is 2.94. The molecule has 1 aromatic carbocycles. The van der Waals surface area contributed by atoms with E-state index in [0.717, 1.165) is 12.8 Å². The molecule has 3 N–H and O–H groups in total. The predicted octanol–water partition coefficient (Wildman–Crippen LogP) is 2.75. The van der Waals surface area contributed by atoms with Gasteiger partial charge in [-0.1, -0.05) is 0 Å². The molecule has 0 unspecified atom stereocenters. The Balaban J connectivity index is 1.91. The molecule has 0 bridgehead atoms. The van der Waals surface area contributed by atoms with Crippen molar-refractivity contribution >= 4 is 28.7 Å². The summed E-state index contributed by atoms with van der Waals surface area (Å²) in [7, 11) is 0. The van der Waals surface area contributed by atoms with E-state index >= 15 is 0 Å². The molecule has 7 nitrogen and oxygen atoms in total. The number of aliphatic carboxylic acids is 2. The summed E-state index contributed by atoms with van der Waals surface area (Å²) in [6.45, 7) is 1.99. The van der Waals surface area contributed by atoms with E-state index in [2.05, 4.69) is 4.99 Å². The van der Waals surface area contributed by atoms with E-state index in [-0.39, 0.29) is 12.2 Å². The molecule has 25 heavy (non-hydrogen) atoms. The van der Waals surface area contributed by atoms with Gasteiger partial charge in [0, 0.05) is 23.8 Å². The molecular formula is C17H21NO6S. The molecule has 8 heteroatoms. The van der Waals surface area contributed by atoms with Gasteiger partial charge in [-0.05, 0) is 38.3 Å².